The van der Waals surface area contributed by atoms with Crippen LogP contribution in [0.5, 0.6) is 0 Å². The molecule has 0 aromatic heterocycles. The summed E-state index contributed by atoms with van der Waals surface area (Å²) in [5, 5.41) is -6.47. The van der Waals surface area contributed by atoms with Gasteiger partial charge in [0, 0.05) is 15.4 Å². The molecule has 0 aliphatic heterocycles. The SMILES string of the molecule is O=S(=O)(c1cc(Br)cc(Br)c1CC(Cl)Cl)C(F)(F)C(F)(F)C(F)(F)F. The topological polar surface area (TPSA) is 34.1 Å². The summed E-state index contributed by atoms with van der Waals surface area (Å²) in [7, 11) is -6.48. The molecule has 0 amide bonds. The van der Waals surface area contributed by atoms with Gasteiger partial charge in [0.1, 0.15) is 4.84 Å². The number of hydrogen-bond donors (Lipinski definition) is 0. The summed E-state index contributed by atoms with van der Waals surface area (Å²) in [6.45, 7) is 0. The van der Waals surface area contributed by atoms with Gasteiger partial charge in [0.05, 0.1) is 4.90 Å². The third-order valence-corrected chi connectivity index (χ3v) is 6.17. The van der Waals surface area contributed by atoms with Crippen molar-refractivity contribution in [1.29, 1.82) is 0 Å². The van der Waals surface area contributed by atoms with E-state index in [9.17, 15) is 39.2 Å². The van der Waals surface area contributed by atoms with Gasteiger partial charge in [-0.25, -0.2) is 8.42 Å². The molecule has 0 N–H and O–H groups in total. The fourth-order valence-corrected chi connectivity index (χ4v) is 5.15. The van der Waals surface area contributed by atoms with E-state index in [1.165, 1.54) is 0 Å². The van der Waals surface area contributed by atoms with Crippen LogP contribution in [0.3, 0.4) is 0 Å². The van der Waals surface area contributed by atoms with Crippen LogP contribution < -0.4 is 0 Å². The molecule has 25 heavy (non-hydrogen) atoms. The maximum atomic E-state index is 13.8. The molecule has 1 aromatic rings. The highest BCUT2D eigenvalue weighted by Crippen LogP contribution is 2.51. The number of halogens is 11. The van der Waals surface area contributed by atoms with Crippen LogP contribution in [0, 0.1) is 0 Å². The summed E-state index contributed by atoms with van der Waals surface area (Å²) in [5.41, 5.74) is -0.573. The number of alkyl halides is 9. The largest absolute Gasteiger partial charge is 0.461 e. The lowest BCUT2D eigenvalue weighted by molar-refractivity contribution is -0.332. The summed E-state index contributed by atoms with van der Waals surface area (Å²) in [6, 6.07) is 1.62. The van der Waals surface area contributed by atoms with Crippen LogP contribution in [-0.2, 0) is 16.3 Å². The Hall–Kier alpha value is 0.220. The molecule has 0 aliphatic rings. The first-order valence-electron chi connectivity index (χ1n) is 5.80. The predicted octanol–water partition coefficient (Wildman–Crippen LogP) is 6.12. The van der Waals surface area contributed by atoms with Crippen LogP contribution in [-0.4, -0.2) is 30.6 Å². The van der Waals surface area contributed by atoms with E-state index >= 15 is 0 Å². The average molecular weight is 565 g/mol. The Bertz CT molecular complexity index is 766. The van der Waals surface area contributed by atoms with E-state index in [4.69, 9.17) is 23.2 Å². The maximum absolute atomic E-state index is 13.8. The highest BCUT2D eigenvalue weighted by atomic mass is 79.9. The van der Waals surface area contributed by atoms with E-state index in [0.717, 1.165) is 6.07 Å². The molecule has 0 atom stereocenters. The Morgan fingerprint density at radius 2 is 1.48 bits per heavy atom. The number of rotatable bonds is 5. The lowest BCUT2D eigenvalue weighted by Gasteiger charge is -2.28. The Morgan fingerprint density at radius 1 is 1.00 bits per heavy atom. The van der Waals surface area contributed by atoms with Crippen molar-refractivity contribution in [3.63, 3.8) is 0 Å². The summed E-state index contributed by atoms with van der Waals surface area (Å²) in [4.78, 5) is -2.81. The molecule has 144 valence electrons. The molecule has 1 rings (SSSR count). The van der Waals surface area contributed by atoms with Gasteiger partial charge < -0.3 is 0 Å². The standard InChI is InChI=1S/C11H5Br2Cl2F7O2S/c12-4-1-6(13)5(3-8(14)15)7(2-4)25(23,24)11(21,22)9(16,17)10(18,19)20/h1-2,8H,3H2. The minimum absolute atomic E-state index is 0.173. The maximum Gasteiger partial charge on any atom is 0.461 e. The van der Waals surface area contributed by atoms with E-state index < -0.39 is 48.9 Å². The van der Waals surface area contributed by atoms with E-state index in [0.29, 0.717) is 6.07 Å². The summed E-state index contributed by atoms with van der Waals surface area (Å²) in [5.74, 6) is -6.83. The molecule has 0 saturated carbocycles. The first-order chi connectivity index (χ1) is 11.0. The van der Waals surface area contributed by atoms with Crippen molar-refractivity contribution in [2.24, 2.45) is 0 Å². The highest BCUT2D eigenvalue weighted by Gasteiger charge is 2.78. The van der Waals surface area contributed by atoms with E-state index in [1.54, 1.807) is 0 Å². The fourth-order valence-electron chi connectivity index (χ4n) is 1.64. The van der Waals surface area contributed by atoms with E-state index in [1.807, 2.05) is 0 Å². The van der Waals surface area contributed by atoms with Crippen molar-refractivity contribution in [2.45, 2.75) is 33.5 Å². The number of hydrogen-bond acceptors (Lipinski definition) is 2. The monoisotopic (exact) mass is 562 g/mol. The smallest absolute Gasteiger partial charge is 0.217 e. The second kappa shape index (κ2) is 7.33. The average Bonchev–Trinajstić information content (AvgIpc) is 2.39. The Morgan fingerprint density at radius 3 is 1.88 bits per heavy atom. The van der Waals surface area contributed by atoms with Gasteiger partial charge in [0.15, 0.2) is 0 Å². The second-order valence-corrected chi connectivity index (χ2v) is 9.56. The zero-order valence-electron chi connectivity index (χ0n) is 11.3. The van der Waals surface area contributed by atoms with Gasteiger partial charge in [-0.15, -0.1) is 23.2 Å². The normalized spacial score (nSPS) is 14.2. The molecule has 1 aromatic carbocycles. The van der Waals surface area contributed by atoms with Crippen molar-refractivity contribution in [3.05, 3.63) is 26.6 Å². The molecule has 0 heterocycles. The molecular formula is C11H5Br2Cl2F7O2S. The highest BCUT2D eigenvalue weighted by molar-refractivity contribution is 9.11. The Kier molecular flexibility index (Phi) is 6.82. The predicted molar refractivity (Wildman–Crippen MR) is 84.2 cm³/mol. The van der Waals surface area contributed by atoms with Gasteiger partial charge >= 0.3 is 17.4 Å². The van der Waals surface area contributed by atoms with Crippen molar-refractivity contribution < 1.29 is 39.2 Å². The molecule has 0 saturated heterocycles. The van der Waals surface area contributed by atoms with Crippen LogP contribution in [0.2, 0.25) is 0 Å². The van der Waals surface area contributed by atoms with E-state index in [2.05, 4.69) is 31.9 Å². The molecule has 0 fully saturated rings. The zero-order chi connectivity index (χ0) is 20.0. The van der Waals surface area contributed by atoms with Gasteiger partial charge in [0.2, 0.25) is 0 Å². The molecule has 0 spiro atoms. The van der Waals surface area contributed by atoms with Crippen LogP contribution in [0.25, 0.3) is 0 Å². The van der Waals surface area contributed by atoms with Gasteiger partial charge in [-0.05, 0) is 17.7 Å². The van der Waals surface area contributed by atoms with Gasteiger partial charge in [-0.1, -0.05) is 31.9 Å². The number of sulfone groups is 1. The minimum atomic E-state index is -6.83. The summed E-state index contributed by atoms with van der Waals surface area (Å²) >= 11 is 16.4. The van der Waals surface area contributed by atoms with Gasteiger partial charge in [-0.2, -0.15) is 30.7 Å². The quantitative estimate of drug-likeness (QED) is 0.319. The lowest BCUT2D eigenvalue weighted by Crippen LogP contribution is -2.56. The molecule has 0 bridgehead atoms. The molecule has 0 aliphatic carbocycles. The van der Waals surface area contributed by atoms with E-state index in [-0.39, 0.29) is 8.95 Å². The number of benzene rings is 1. The summed E-state index contributed by atoms with van der Waals surface area (Å²) in [6.07, 6.45) is -7.41. The minimum Gasteiger partial charge on any atom is -0.217 e. The fraction of sp³-hybridized carbons (Fsp3) is 0.455. The molecule has 0 unspecified atom stereocenters. The van der Waals surface area contributed by atoms with Crippen molar-refractivity contribution >= 4 is 64.9 Å². The van der Waals surface area contributed by atoms with Crippen molar-refractivity contribution in [1.82, 2.24) is 0 Å². The van der Waals surface area contributed by atoms with Gasteiger partial charge in [0.25, 0.3) is 9.84 Å². The first kappa shape index (κ1) is 23.3. The Labute approximate surface area is 163 Å². The van der Waals surface area contributed by atoms with Crippen molar-refractivity contribution in [2.75, 3.05) is 0 Å². The molecule has 14 heteroatoms. The molecule has 2 nitrogen and oxygen atoms in total. The van der Waals surface area contributed by atoms with Gasteiger partial charge in [-0.3, -0.25) is 0 Å². The van der Waals surface area contributed by atoms with Crippen LogP contribution in [0.1, 0.15) is 5.56 Å². The van der Waals surface area contributed by atoms with Crippen LogP contribution in [0.4, 0.5) is 30.7 Å². The summed E-state index contributed by atoms with van der Waals surface area (Å²) < 4.78 is 114. The molecule has 0 radical (unpaired) electrons. The second-order valence-electron chi connectivity index (χ2n) is 4.55. The Balaban J connectivity index is 3.75. The van der Waals surface area contributed by atoms with Crippen LogP contribution >= 0.6 is 55.1 Å². The van der Waals surface area contributed by atoms with Crippen LogP contribution in [0.15, 0.2) is 26.0 Å². The molecular weight excluding hydrogens is 560 g/mol. The first-order valence-corrected chi connectivity index (χ1v) is 9.74. The third kappa shape index (κ3) is 4.22. The third-order valence-electron chi connectivity index (χ3n) is 2.83. The lowest BCUT2D eigenvalue weighted by atomic mass is 10.2. The van der Waals surface area contributed by atoms with Crippen molar-refractivity contribution in [3.8, 4) is 0 Å². The zero-order valence-corrected chi connectivity index (χ0v) is 16.8.